The summed E-state index contributed by atoms with van der Waals surface area (Å²) in [7, 11) is 0. The lowest BCUT2D eigenvalue weighted by molar-refractivity contribution is -0.116. The maximum Gasteiger partial charge on any atom is 0.224 e. The maximum absolute atomic E-state index is 12.4. The second-order valence-corrected chi connectivity index (χ2v) is 7.16. The zero-order valence-electron chi connectivity index (χ0n) is 15.3. The number of anilines is 1. The van der Waals surface area contributed by atoms with Gasteiger partial charge < -0.3 is 14.8 Å². The van der Waals surface area contributed by atoms with E-state index in [0.717, 1.165) is 21.4 Å². The van der Waals surface area contributed by atoms with Crippen molar-refractivity contribution in [3.05, 3.63) is 33.6 Å². The molecule has 1 aromatic heterocycles. The zero-order valence-corrected chi connectivity index (χ0v) is 16.9. The number of carbonyl (C=O) groups is 1. The summed E-state index contributed by atoms with van der Waals surface area (Å²) in [6.07, 6.45) is 1.35. The van der Waals surface area contributed by atoms with Gasteiger partial charge in [0.05, 0.1) is 30.4 Å². The molecule has 1 aromatic carbocycles. The molecule has 0 spiro atoms. The van der Waals surface area contributed by atoms with E-state index in [-0.39, 0.29) is 5.91 Å². The van der Waals surface area contributed by atoms with Crippen LogP contribution in [0.3, 0.4) is 0 Å². The highest BCUT2D eigenvalue weighted by molar-refractivity contribution is 9.10. The molecule has 1 N–H and O–H groups in total. The highest BCUT2D eigenvalue weighted by Crippen LogP contribution is 2.38. The van der Waals surface area contributed by atoms with Gasteiger partial charge in [0.2, 0.25) is 5.91 Å². The van der Waals surface area contributed by atoms with Crippen LogP contribution in [0.5, 0.6) is 11.5 Å². The normalized spacial score (nSPS) is 12.5. The Hall–Kier alpha value is -2.53. The van der Waals surface area contributed by atoms with Crippen LogP contribution in [0.15, 0.2) is 16.6 Å². The Labute approximate surface area is 166 Å². The summed E-state index contributed by atoms with van der Waals surface area (Å²) in [6.45, 7) is 5.49. The average molecular weight is 433 g/mol. The number of aryl methyl sites for hydroxylation is 2. The number of hydrogen-bond donors (Lipinski definition) is 1. The van der Waals surface area contributed by atoms with Crippen LogP contribution in [0.2, 0.25) is 0 Å². The van der Waals surface area contributed by atoms with Crippen LogP contribution in [-0.2, 0) is 17.8 Å². The Kier molecular flexibility index (Phi) is 6.01. The predicted octanol–water partition coefficient (Wildman–Crippen LogP) is 3.52. The number of aromatic nitrogens is 2. The first-order valence-electron chi connectivity index (χ1n) is 8.78. The van der Waals surface area contributed by atoms with E-state index < -0.39 is 0 Å². The van der Waals surface area contributed by atoms with E-state index in [0.29, 0.717) is 56.2 Å². The van der Waals surface area contributed by atoms with E-state index in [1.165, 1.54) is 0 Å². The lowest BCUT2D eigenvalue weighted by Gasteiger charge is -2.20. The van der Waals surface area contributed by atoms with Crippen molar-refractivity contribution >= 4 is 27.5 Å². The van der Waals surface area contributed by atoms with E-state index in [1.807, 2.05) is 18.5 Å². The number of nitrogens with zero attached hydrogens (tertiary/aromatic N) is 3. The molecule has 0 saturated heterocycles. The van der Waals surface area contributed by atoms with Crippen molar-refractivity contribution < 1.29 is 14.3 Å². The summed E-state index contributed by atoms with van der Waals surface area (Å²) >= 11 is 3.46. The Balaban J connectivity index is 1.64. The fourth-order valence-corrected chi connectivity index (χ4v) is 3.50. The summed E-state index contributed by atoms with van der Waals surface area (Å²) < 4.78 is 13.7. The van der Waals surface area contributed by atoms with E-state index in [4.69, 9.17) is 14.7 Å². The van der Waals surface area contributed by atoms with E-state index in [9.17, 15) is 4.79 Å². The maximum atomic E-state index is 12.4. The Morgan fingerprint density at radius 1 is 1.33 bits per heavy atom. The fourth-order valence-electron chi connectivity index (χ4n) is 3.08. The van der Waals surface area contributed by atoms with E-state index >= 15 is 0 Å². The average Bonchev–Trinajstić information content (AvgIpc) is 2.92. The van der Waals surface area contributed by atoms with Crippen molar-refractivity contribution in [2.45, 2.75) is 39.7 Å². The lowest BCUT2D eigenvalue weighted by Crippen LogP contribution is -2.17. The molecule has 7 nitrogen and oxygen atoms in total. The van der Waals surface area contributed by atoms with E-state index in [1.54, 1.807) is 12.1 Å². The van der Waals surface area contributed by atoms with Gasteiger partial charge >= 0.3 is 0 Å². The van der Waals surface area contributed by atoms with Crippen molar-refractivity contribution in [1.82, 2.24) is 9.78 Å². The minimum absolute atomic E-state index is 0.0871. The molecule has 3 rings (SSSR count). The molecule has 0 aliphatic carbocycles. The molecule has 0 atom stereocenters. The first-order chi connectivity index (χ1) is 13.0. The molecule has 1 aliphatic rings. The number of halogens is 1. The summed E-state index contributed by atoms with van der Waals surface area (Å²) in [4.78, 5) is 12.4. The van der Waals surface area contributed by atoms with Gasteiger partial charge in [-0.15, -0.1) is 0 Å². The van der Waals surface area contributed by atoms with Gasteiger partial charge in [-0.25, -0.2) is 0 Å². The number of benzene rings is 1. The number of ether oxygens (including phenoxy) is 2. The quantitative estimate of drug-likeness (QED) is 0.753. The van der Waals surface area contributed by atoms with E-state index in [2.05, 4.69) is 32.4 Å². The monoisotopic (exact) mass is 432 g/mol. The Morgan fingerprint density at radius 3 is 2.74 bits per heavy atom. The van der Waals surface area contributed by atoms with Crippen molar-refractivity contribution in [2.24, 2.45) is 0 Å². The molecule has 0 fully saturated rings. The van der Waals surface area contributed by atoms with Gasteiger partial charge in [-0.2, -0.15) is 10.4 Å². The van der Waals surface area contributed by atoms with Crippen LogP contribution in [0.1, 0.15) is 29.8 Å². The summed E-state index contributed by atoms with van der Waals surface area (Å²) in [6, 6.07) is 5.70. The lowest BCUT2D eigenvalue weighted by atomic mass is 10.1. The molecule has 0 unspecified atom stereocenters. The molecule has 0 radical (unpaired) electrons. The largest absolute Gasteiger partial charge is 0.486 e. The van der Waals surface area contributed by atoms with Gasteiger partial charge in [-0.3, -0.25) is 9.48 Å². The zero-order chi connectivity index (χ0) is 19.4. The summed E-state index contributed by atoms with van der Waals surface area (Å²) in [5, 5.41) is 16.1. The van der Waals surface area contributed by atoms with Crippen LogP contribution in [0, 0.1) is 25.2 Å². The summed E-state index contributed by atoms with van der Waals surface area (Å²) in [5.41, 5.74) is 3.63. The van der Waals surface area contributed by atoms with Gasteiger partial charge in [-0.05, 0) is 41.8 Å². The van der Waals surface area contributed by atoms with Crippen LogP contribution in [-0.4, -0.2) is 28.9 Å². The number of hydrogen-bond acceptors (Lipinski definition) is 5. The number of nitriles is 1. The summed E-state index contributed by atoms with van der Waals surface area (Å²) in [5.74, 6) is 1.21. The molecule has 142 valence electrons. The topological polar surface area (TPSA) is 89.2 Å². The Morgan fingerprint density at radius 2 is 2.04 bits per heavy atom. The predicted molar refractivity (Wildman–Crippen MR) is 104 cm³/mol. The van der Waals surface area contributed by atoms with Crippen LogP contribution < -0.4 is 14.8 Å². The number of nitrogens with one attached hydrogen (secondary N) is 1. The minimum atomic E-state index is -0.0871. The van der Waals surface area contributed by atoms with Gasteiger partial charge in [0, 0.05) is 28.7 Å². The molecule has 0 bridgehead atoms. The number of fused-ring (bicyclic) bond motifs is 1. The second-order valence-electron chi connectivity index (χ2n) is 6.30. The molecule has 0 saturated carbocycles. The molecule has 1 aliphatic heterocycles. The first kappa shape index (κ1) is 19.2. The molecular weight excluding hydrogens is 412 g/mol. The van der Waals surface area contributed by atoms with Crippen LogP contribution in [0.4, 0.5) is 5.69 Å². The second kappa shape index (κ2) is 8.44. The number of rotatable bonds is 6. The first-order valence-corrected chi connectivity index (χ1v) is 9.57. The number of amides is 1. The van der Waals surface area contributed by atoms with Gasteiger partial charge in [-0.1, -0.05) is 0 Å². The van der Waals surface area contributed by atoms with Crippen LogP contribution >= 0.6 is 15.9 Å². The standard InChI is InChI=1S/C19H21BrN4O3/c1-12-14(13(2)24(23-12)7-3-6-21)4-5-19(25)22-16-11-18-17(10-15(16)20)26-8-9-27-18/h10-11H,3-5,7-9H2,1-2H3,(H,22,25). The Bertz CT molecular complexity index is 901. The van der Waals surface area contributed by atoms with Gasteiger partial charge in [0.1, 0.15) is 13.2 Å². The van der Waals surface area contributed by atoms with Crippen molar-refractivity contribution in [3.63, 3.8) is 0 Å². The highest BCUT2D eigenvalue weighted by Gasteiger charge is 2.17. The SMILES string of the molecule is Cc1nn(CCC#N)c(C)c1CCC(=O)Nc1cc2c(cc1Br)OCCO2. The molecule has 8 heteroatoms. The van der Waals surface area contributed by atoms with Crippen LogP contribution in [0.25, 0.3) is 0 Å². The van der Waals surface area contributed by atoms with Gasteiger partial charge in [0.15, 0.2) is 11.5 Å². The smallest absolute Gasteiger partial charge is 0.224 e. The highest BCUT2D eigenvalue weighted by atomic mass is 79.9. The minimum Gasteiger partial charge on any atom is -0.486 e. The van der Waals surface area contributed by atoms with Crippen molar-refractivity contribution in [2.75, 3.05) is 18.5 Å². The van der Waals surface area contributed by atoms with Gasteiger partial charge in [0.25, 0.3) is 0 Å². The molecule has 1 amide bonds. The third-order valence-electron chi connectivity index (χ3n) is 4.47. The third kappa shape index (κ3) is 4.42. The molecule has 2 heterocycles. The molecule has 27 heavy (non-hydrogen) atoms. The fraction of sp³-hybridized carbons (Fsp3) is 0.421. The molecule has 2 aromatic rings. The third-order valence-corrected chi connectivity index (χ3v) is 5.13. The van der Waals surface area contributed by atoms with Crippen molar-refractivity contribution in [1.29, 1.82) is 5.26 Å². The van der Waals surface area contributed by atoms with Crippen molar-refractivity contribution in [3.8, 4) is 17.6 Å². The molecular formula is C19H21BrN4O3. The number of carbonyl (C=O) groups excluding carboxylic acids is 1.